The number of nitrogens with zero attached hydrogens (tertiary/aromatic N) is 1. The largest absolute Gasteiger partial charge is 0.399 e. The maximum Gasteiger partial charge on any atom is 0.256 e. The normalized spacial score (nSPS) is 16.2. The minimum Gasteiger partial charge on any atom is -0.399 e. The molecule has 0 aliphatic carbocycles. The number of piperidine rings is 1. The summed E-state index contributed by atoms with van der Waals surface area (Å²) in [4.78, 5) is 27.4. The fourth-order valence-corrected chi connectivity index (χ4v) is 3.58. The zero-order valence-electron chi connectivity index (χ0n) is 16.6. The lowest BCUT2D eigenvalue weighted by Gasteiger charge is -2.33. The van der Waals surface area contributed by atoms with Gasteiger partial charge in [-0.25, -0.2) is 0 Å². The number of nitrogen functional groups attached to an aromatic ring is 1. The van der Waals surface area contributed by atoms with Crippen molar-refractivity contribution in [1.29, 1.82) is 0 Å². The van der Waals surface area contributed by atoms with E-state index in [0.717, 1.165) is 30.5 Å². The Balaban J connectivity index is 0.00000280. The molecular formula is C22H28ClN3O2. The number of amides is 2. The Kier molecular flexibility index (Phi) is 7.08. The van der Waals surface area contributed by atoms with Crippen LogP contribution in [0.15, 0.2) is 36.4 Å². The molecule has 6 heteroatoms. The summed E-state index contributed by atoms with van der Waals surface area (Å²) in [6, 6.07) is 11.0. The summed E-state index contributed by atoms with van der Waals surface area (Å²) in [5, 5.41) is 2.93. The van der Waals surface area contributed by atoms with Gasteiger partial charge < -0.3 is 16.0 Å². The van der Waals surface area contributed by atoms with Gasteiger partial charge in [-0.05, 0) is 81.5 Å². The van der Waals surface area contributed by atoms with Gasteiger partial charge in [0.15, 0.2) is 0 Å². The first-order valence-corrected chi connectivity index (χ1v) is 9.46. The number of anilines is 2. The van der Waals surface area contributed by atoms with Crippen molar-refractivity contribution in [3.05, 3.63) is 58.7 Å². The van der Waals surface area contributed by atoms with E-state index in [1.165, 1.54) is 6.42 Å². The van der Waals surface area contributed by atoms with Crippen LogP contribution in [0.5, 0.6) is 0 Å². The minimum atomic E-state index is -0.202. The number of carbonyl (C=O) groups excluding carboxylic acids is 2. The van der Waals surface area contributed by atoms with E-state index in [2.05, 4.69) is 12.2 Å². The summed E-state index contributed by atoms with van der Waals surface area (Å²) >= 11 is 0. The van der Waals surface area contributed by atoms with E-state index in [1.54, 1.807) is 24.3 Å². The summed E-state index contributed by atoms with van der Waals surface area (Å²) in [6.07, 6.45) is 3.29. The van der Waals surface area contributed by atoms with Gasteiger partial charge in [-0.1, -0.05) is 6.07 Å². The molecule has 1 fully saturated rings. The second kappa shape index (κ2) is 9.11. The lowest BCUT2D eigenvalue weighted by molar-refractivity contribution is 0.0635. The van der Waals surface area contributed by atoms with Crippen molar-refractivity contribution in [1.82, 2.24) is 4.90 Å². The Morgan fingerprint density at radius 2 is 1.82 bits per heavy atom. The molecule has 3 rings (SSSR count). The molecule has 1 aliphatic heterocycles. The topological polar surface area (TPSA) is 75.4 Å². The average Bonchev–Trinajstić information content (AvgIpc) is 2.65. The van der Waals surface area contributed by atoms with Crippen molar-refractivity contribution in [2.75, 3.05) is 17.6 Å². The molecule has 2 aromatic carbocycles. The Morgan fingerprint density at radius 3 is 2.50 bits per heavy atom. The average molecular weight is 402 g/mol. The smallest absolute Gasteiger partial charge is 0.256 e. The molecule has 1 unspecified atom stereocenters. The number of hydrogen-bond acceptors (Lipinski definition) is 3. The first-order chi connectivity index (χ1) is 12.9. The molecule has 0 bridgehead atoms. The molecule has 2 amide bonds. The van der Waals surface area contributed by atoms with E-state index in [4.69, 9.17) is 5.73 Å². The van der Waals surface area contributed by atoms with Crippen LogP contribution in [0.1, 0.15) is 58.0 Å². The van der Waals surface area contributed by atoms with Crippen LogP contribution in [-0.2, 0) is 0 Å². The van der Waals surface area contributed by atoms with E-state index in [1.807, 2.05) is 30.9 Å². The van der Waals surface area contributed by atoms with E-state index in [9.17, 15) is 9.59 Å². The van der Waals surface area contributed by atoms with Gasteiger partial charge in [-0.2, -0.15) is 0 Å². The molecule has 1 atom stereocenters. The summed E-state index contributed by atoms with van der Waals surface area (Å²) < 4.78 is 0. The molecule has 5 nitrogen and oxygen atoms in total. The molecule has 1 aliphatic rings. The van der Waals surface area contributed by atoms with Gasteiger partial charge in [0, 0.05) is 35.1 Å². The second-order valence-corrected chi connectivity index (χ2v) is 7.40. The third-order valence-electron chi connectivity index (χ3n) is 5.29. The standard InChI is InChI=1S/C22H27N3O2.ClH/c1-14-7-9-18(23)13-19(14)21(26)24-20-10-8-17(12-15(20)2)22(27)25-11-5-4-6-16(25)3;/h7-10,12-13,16H,4-6,11,23H2,1-3H3,(H,24,26);1H. The maximum absolute atomic E-state index is 12.8. The number of likely N-dealkylation sites (tertiary alicyclic amines) is 1. The van der Waals surface area contributed by atoms with Crippen molar-refractivity contribution in [3.8, 4) is 0 Å². The highest BCUT2D eigenvalue weighted by Gasteiger charge is 2.24. The van der Waals surface area contributed by atoms with Crippen molar-refractivity contribution in [2.45, 2.75) is 46.1 Å². The predicted octanol–water partition coefficient (Wildman–Crippen LogP) is 4.57. The summed E-state index contributed by atoms with van der Waals surface area (Å²) in [7, 11) is 0. The molecule has 28 heavy (non-hydrogen) atoms. The molecule has 3 N–H and O–H groups in total. The molecule has 150 valence electrons. The summed E-state index contributed by atoms with van der Waals surface area (Å²) in [5.74, 6) is -0.138. The van der Waals surface area contributed by atoms with Gasteiger partial charge in [0.05, 0.1) is 0 Å². The number of nitrogens with one attached hydrogen (secondary N) is 1. The van der Waals surface area contributed by atoms with Crippen molar-refractivity contribution in [3.63, 3.8) is 0 Å². The van der Waals surface area contributed by atoms with Gasteiger partial charge in [-0.15, -0.1) is 12.4 Å². The third kappa shape index (κ3) is 4.65. The lowest BCUT2D eigenvalue weighted by atomic mass is 10.0. The highest BCUT2D eigenvalue weighted by atomic mass is 35.5. The first kappa shape index (κ1) is 21.8. The number of carbonyl (C=O) groups is 2. The number of benzene rings is 2. The highest BCUT2D eigenvalue weighted by Crippen LogP contribution is 2.23. The van der Waals surface area contributed by atoms with Gasteiger partial charge >= 0.3 is 0 Å². The summed E-state index contributed by atoms with van der Waals surface area (Å²) in [6.45, 7) is 6.69. The van der Waals surface area contributed by atoms with Gasteiger partial charge in [0.2, 0.25) is 0 Å². The van der Waals surface area contributed by atoms with E-state index < -0.39 is 0 Å². The molecule has 0 radical (unpaired) electrons. The van der Waals surface area contributed by atoms with Crippen LogP contribution in [0.2, 0.25) is 0 Å². The Labute approximate surface area is 172 Å². The number of halogens is 1. The van der Waals surface area contributed by atoms with E-state index in [0.29, 0.717) is 22.5 Å². The Hall–Kier alpha value is -2.53. The quantitative estimate of drug-likeness (QED) is 0.739. The lowest BCUT2D eigenvalue weighted by Crippen LogP contribution is -2.42. The molecule has 0 aromatic heterocycles. The molecule has 0 spiro atoms. The fourth-order valence-electron chi connectivity index (χ4n) is 3.58. The van der Waals surface area contributed by atoms with Crippen LogP contribution < -0.4 is 11.1 Å². The predicted molar refractivity (Wildman–Crippen MR) is 116 cm³/mol. The molecular weight excluding hydrogens is 374 g/mol. The Morgan fingerprint density at radius 1 is 1.07 bits per heavy atom. The van der Waals surface area contributed by atoms with Crippen LogP contribution in [0.25, 0.3) is 0 Å². The van der Waals surface area contributed by atoms with Gasteiger partial charge in [0.25, 0.3) is 11.8 Å². The maximum atomic E-state index is 12.8. The van der Waals surface area contributed by atoms with E-state index in [-0.39, 0.29) is 30.3 Å². The molecule has 0 saturated carbocycles. The highest BCUT2D eigenvalue weighted by molar-refractivity contribution is 6.06. The molecule has 2 aromatic rings. The monoisotopic (exact) mass is 401 g/mol. The van der Waals surface area contributed by atoms with Gasteiger partial charge in [-0.3, -0.25) is 9.59 Å². The second-order valence-electron chi connectivity index (χ2n) is 7.40. The zero-order chi connectivity index (χ0) is 19.6. The fraction of sp³-hybridized carbons (Fsp3) is 0.364. The first-order valence-electron chi connectivity index (χ1n) is 9.46. The van der Waals surface area contributed by atoms with Crippen LogP contribution in [-0.4, -0.2) is 29.3 Å². The van der Waals surface area contributed by atoms with E-state index >= 15 is 0 Å². The van der Waals surface area contributed by atoms with Crippen LogP contribution in [0.3, 0.4) is 0 Å². The van der Waals surface area contributed by atoms with Gasteiger partial charge in [0.1, 0.15) is 0 Å². The van der Waals surface area contributed by atoms with Crippen LogP contribution in [0, 0.1) is 13.8 Å². The van der Waals surface area contributed by atoms with Crippen LogP contribution >= 0.6 is 12.4 Å². The Bertz CT molecular complexity index is 882. The minimum absolute atomic E-state index is 0. The SMILES string of the molecule is Cc1cc(C(=O)N2CCCCC2C)ccc1NC(=O)c1cc(N)ccc1C.Cl. The van der Waals surface area contributed by atoms with Crippen molar-refractivity contribution >= 4 is 35.6 Å². The number of aryl methyl sites for hydroxylation is 2. The third-order valence-corrected chi connectivity index (χ3v) is 5.29. The molecule has 1 saturated heterocycles. The zero-order valence-corrected chi connectivity index (χ0v) is 17.4. The molecule has 1 heterocycles. The van der Waals surface area contributed by atoms with Crippen LogP contribution in [0.4, 0.5) is 11.4 Å². The number of nitrogens with two attached hydrogens (primary N) is 1. The van der Waals surface area contributed by atoms with Crippen molar-refractivity contribution in [2.24, 2.45) is 0 Å². The number of hydrogen-bond donors (Lipinski definition) is 2. The van der Waals surface area contributed by atoms with Crippen molar-refractivity contribution < 1.29 is 9.59 Å². The number of rotatable bonds is 3. The summed E-state index contributed by atoms with van der Waals surface area (Å²) in [5.41, 5.74) is 10.0.